The smallest absolute Gasteiger partial charge is 0.305 e. The van der Waals surface area contributed by atoms with Gasteiger partial charge in [-0.15, -0.1) is 11.3 Å². The lowest BCUT2D eigenvalue weighted by atomic mass is 10.1. The fraction of sp³-hybridized carbons (Fsp3) is 0.733. The maximum absolute atomic E-state index is 11.2. The van der Waals surface area contributed by atoms with Crippen molar-refractivity contribution in [1.82, 2.24) is 15.2 Å². The third-order valence-corrected chi connectivity index (χ3v) is 5.68. The van der Waals surface area contributed by atoms with Crippen molar-refractivity contribution >= 4 is 17.3 Å². The van der Waals surface area contributed by atoms with Gasteiger partial charge in [0.2, 0.25) is 0 Å². The summed E-state index contributed by atoms with van der Waals surface area (Å²) >= 11 is 1.70. The molecule has 2 atom stereocenters. The van der Waals surface area contributed by atoms with Crippen molar-refractivity contribution in [2.45, 2.75) is 37.5 Å². The van der Waals surface area contributed by atoms with Crippen LogP contribution in [0.2, 0.25) is 0 Å². The third kappa shape index (κ3) is 3.48. The molecule has 6 nitrogen and oxygen atoms in total. The Morgan fingerprint density at radius 2 is 2.32 bits per heavy atom. The van der Waals surface area contributed by atoms with E-state index in [0.717, 1.165) is 35.9 Å². The normalized spacial score (nSPS) is 26.1. The molecule has 1 N–H and O–H groups in total. The van der Waals surface area contributed by atoms with Crippen LogP contribution in [0.4, 0.5) is 0 Å². The third-order valence-electron chi connectivity index (χ3n) is 4.51. The molecule has 0 amide bonds. The molecule has 2 aliphatic heterocycles. The van der Waals surface area contributed by atoms with Crippen LogP contribution in [0.5, 0.6) is 0 Å². The van der Waals surface area contributed by atoms with E-state index in [2.05, 4.69) is 19.9 Å². The van der Waals surface area contributed by atoms with Crippen LogP contribution in [0.15, 0.2) is 6.20 Å². The highest BCUT2D eigenvalue weighted by Gasteiger charge is 2.37. The zero-order valence-electron chi connectivity index (χ0n) is 13.1. The first-order valence-electron chi connectivity index (χ1n) is 7.71. The van der Waals surface area contributed by atoms with Crippen molar-refractivity contribution in [3.8, 4) is 0 Å². The molecule has 22 heavy (non-hydrogen) atoms. The van der Waals surface area contributed by atoms with Crippen molar-refractivity contribution in [3.63, 3.8) is 0 Å². The van der Waals surface area contributed by atoms with Gasteiger partial charge in [0.25, 0.3) is 0 Å². The second kappa shape index (κ2) is 7.04. The Bertz CT molecular complexity index is 516. The van der Waals surface area contributed by atoms with Crippen molar-refractivity contribution < 1.29 is 14.3 Å². The molecule has 122 valence electrons. The number of nitrogens with one attached hydrogen (secondary N) is 1. The fourth-order valence-electron chi connectivity index (χ4n) is 3.03. The van der Waals surface area contributed by atoms with E-state index in [-0.39, 0.29) is 5.97 Å². The van der Waals surface area contributed by atoms with Gasteiger partial charge in [-0.2, -0.15) is 0 Å². The summed E-state index contributed by atoms with van der Waals surface area (Å²) in [5.74, 6) is -0.167. The molecule has 0 unspecified atom stereocenters. The number of hydrogen-bond acceptors (Lipinski definition) is 7. The summed E-state index contributed by atoms with van der Waals surface area (Å²) in [4.78, 5) is 19.3. The second-order valence-electron chi connectivity index (χ2n) is 5.90. The molecule has 1 aromatic heterocycles. The van der Waals surface area contributed by atoms with Crippen LogP contribution >= 0.6 is 11.3 Å². The van der Waals surface area contributed by atoms with E-state index >= 15 is 0 Å². The summed E-state index contributed by atoms with van der Waals surface area (Å²) in [6.07, 6.45) is 4.53. The summed E-state index contributed by atoms with van der Waals surface area (Å²) in [6.45, 7) is 3.09. The first kappa shape index (κ1) is 15.9. The maximum Gasteiger partial charge on any atom is 0.305 e. The molecule has 2 fully saturated rings. The van der Waals surface area contributed by atoms with Gasteiger partial charge in [0.05, 0.1) is 25.7 Å². The Labute approximate surface area is 134 Å². The highest BCUT2D eigenvalue weighted by atomic mass is 32.1. The molecule has 0 spiro atoms. The lowest BCUT2D eigenvalue weighted by molar-refractivity contribution is -0.140. The van der Waals surface area contributed by atoms with Gasteiger partial charge in [-0.25, -0.2) is 4.98 Å². The number of carbonyl (C=O) groups excluding carboxylic acids is 1. The second-order valence-corrected chi connectivity index (χ2v) is 7.05. The number of thiazole rings is 1. The monoisotopic (exact) mass is 325 g/mol. The number of likely N-dealkylation sites (tertiary alicyclic amines) is 1. The number of nitrogens with zero attached hydrogens (tertiary/aromatic N) is 2. The van der Waals surface area contributed by atoms with Gasteiger partial charge in [0.15, 0.2) is 0 Å². The van der Waals surface area contributed by atoms with Crippen LogP contribution in [0, 0.1) is 0 Å². The minimum atomic E-state index is -0.167. The molecule has 0 radical (unpaired) electrons. The van der Waals surface area contributed by atoms with E-state index in [1.807, 2.05) is 6.20 Å². The zero-order valence-corrected chi connectivity index (χ0v) is 13.9. The number of rotatable bonds is 6. The standard InChI is InChI=1S/C15H23N3O3S/c1-20-11-8-18(9-11)10-5-13(16-6-10)15-17-7-12(22-15)3-4-14(19)21-2/h7,10-11,13,16H,3-6,8-9H2,1-2H3/t10-,13-/m0/s1. The quantitative estimate of drug-likeness (QED) is 0.787. The van der Waals surface area contributed by atoms with Gasteiger partial charge in [-0.1, -0.05) is 0 Å². The van der Waals surface area contributed by atoms with Gasteiger partial charge in [-0.3, -0.25) is 9.69 Å². The summed E-state index contributed by atoms with van der Waals surface area (Å²) in [5.41, 5.74) is 0. The number of esters is 1. The maximum atomic E-state index is 11.2. The minimum Gasteiger partial charge on any atom is -0.469 e. The number of aryl methyl sites for hydroxylation is 1. The van der Waals surface area contributed by atoms with Crippen molar-refractivity contribution in [3.05, 3.63) is 16.1 Å². The van der Waals surface area contributed by atoms with E-state index in [1.54, 1.807) is 18.4 Å². The Balaban J connectivity index is 1.49. The molecule has 3 heterocycles. The number of carbonyl (C=O) groups is 1. The Kier molecular flexibility index (Phi) is 5.07. The predicted molar refractivity (Wildman–Crippen MR) is 84.0 cm³/mol. The molecular formula is C15H23N3O3S. The Morgan fingerprint density at radius 3 is 3.05 bits per heavy atom. The fourth-order valence-corrected chi connectivity index (χ4v) is 4.03. The Morgan fingerprint density at radius 1 is 1.50 bits per heavy atom. The van der Waals surface area contributed by atoms with E-state index in [0.29, 0.717) is 31.0 Å². The van der Waals surface area contributed by atoms with Crippen LogP contribution in [0.3, 0.4) is 0 Å². The highest BCUT2D eigenvalue weighted by molar-refractivity contribution is 7.11. The number of ether oxygens (including phenoxy) is 2. The van der Waals surface area contributed by atoms with E-state index < -0.39 is 0 Å². The summed E-state index contributed by atoms with van der Waals surface area (Å²) in [5, 5.41) is 4.70. The number of aromatic nitrogens is 1. The van der Waals surface area contributed by atoms with Crippen molar-refractivity contribution in [2.24, 2.45) is 0 Å². The topological polar surface area (TPSA) is 63.7 Å². The average molecular weight is 325 g/mol. The summed E-state index contributed by atoms with van der Waals surface area (Å²) in [6, 6.07) is 0.919. The van der Waals surface area contributed by atoms with Crippen LogP contribution in [0.1, 0.15) is 28.8 Å². The van der Waals surface area contributed by atoms with Gasteiger partial charge < -0.3 is 14.8 Å². The molecule has 1 aromatic rings. The van der Waals surface area contributed by atoms with Gasteiger partial charge in [0, 0.05) is 43.9 Å². The first-order valence-corrected chi connectivity index (χ1v) is 8.53. The molecule has 0 aliphatic carbocycles. The molecule has 7 heteroatoms. The SMILES string of the molecule is COC(=O)CCc1cnc([C@@H]2C[C@H](N3CC(OC)C3)CN2)s1. The first-order chi connectivity index (χ1) is 10.7. The lowest BCUT2D eigenvalue weighted by Gasteiger charge is -2.42. The van der Waals surface area contributed by atoms with Crippen molar-refractivity contribution in [2.75, 3.05) is 33.9 Å². The summed E-state index contributed by atoms with van der Waals surface area (Å²) < 4.78 is 10.0. The number of methoxy groups -OCH3 is 2. The Hall–Kier alpha value is -1.02. The summed E-state index contributed by atoms with van der Waals surface area (Å²) in [7, 11) is 3.20. The molecule has 3 rings (SSSR count). The molecule has 0 bridgehead atoms. The van der Waals surface area contributed by atoms with Gasteiger partial charge in [-0.05, 0) is 12.8 Å². The van der Waals surface area contributed by atoms with E-state index in [9.17, 15) is 4.79 Å². The highest BCUT2D eigenvalue weighted by Crippen LogP contribution is 2.31. The van der Waals surface area contributed by atoms with E-state index in [4.69, 9.17) is 4.74 Å². The zero-order chi connectivity index (χ0) is 15.5. The van der Waals surface area contributed by atoms with E-state index in [1.165, 1.54) is 7.11 Å². The largest absolute Gasteiger partial charge is 0.469 e. The minimum absolute atomic E-state index is 0.167. The molecule has 2 saturated heterocycles. The molecule has 0 aromatic carbocycles. The predicted octanol–water partition coefficient (Wildman–Crippen LogP) is 0.982. The lowest BCUT2D eigenvalue weighted by Crippen LogP contribution is -2.56. The van der Waals surface area contributed by atoms with Gasteiger partial charge in [0.1, 0.15) is 5.01 Å². The number of hydrogen-bond donors (Lipinski definition) is 1. The van der Waals surface area contributed by atoms with Crippen LogP contribution in [0.25, 0.3) is 0 Å². The molecule has 0 saturated carbocycles. The molecule has 2 aliphatic rings. The average Bonchev–Trinajstić information content (AvgIpc) is 3.12. The van der Waals surface area contributed by atoms with Crippen LogP contribution < -0.4 is 5.32 Å². The molecular weight excluding hydrogens is 302 g/mol. The van der Waals surface area contributed by atoms with Gasteiger partial charge >= 0.3 is 5.97 Å². The van der Waals surface area contributed by atoms with Crippen molar-refractivity contribution in [1.29, 1.82) is 0 Å². The van der Waals surface area contributed by atoms with Crippen LogP contribution in [-0.4, -0.2) is 61.9 Å². The van der Waals surface area contributed by atoms with Crippen LogP contribution in [-0.2, 0) is 20.7 Å².